The van der Waals surface area contributed by atoms with Crippen molar-refractivity contribution < 1.29 is 4.79 Å². The van der Waals surface area contributed by atoms with Gasteiger partial charge in [-0.1, -0.05) is 52.0 Å². The molecule has 18 heavy (non-hydrogen) atoms. The van der Waals surface area contributed by atoms with E-state index in [2.05, 4.69) is 32.9 Å². The summed E-state index contributed by atoms with van der Waals surface area (Å²) in [6, 6.07) is 8.25. The first-order valence-electron chi connectivity index (χ1n) is 6.38. The van der Waals surface area contributed by atoms with Crippen LogP contribution in [-0.2, 0) is 4.79 Å². The number of rotatable bonds is 5. The smallest absolute Gasteiger partial charge is 0.221 e. The zero-order valence-electron chi connectivity index (χ0n) is 11.5. The maximum Gasteiger partial charge on any atom is 0.221 e. The number of halogens is 1. The summed E-state index contributed by atoms with van der Waals surface area (Å²) >= 11 is 6.39. The second kappa shape index (κ2) is 6.24. The average molecular weight is 268 g/mol. The van der Waals surface area contributed by atoms with E-state index in [4.69, 9.17) is 17.3 Å². The van der Waals surface area contributed by atoms with Crippen molar-refractivity contribution in [2.45, 2.75) is 44.9 Å². The number of carbonyl (C=O) groups excluding carboxylic acids is 1. The van der Waals surface area contributed by atoms with Crippen LogP contribution in [0.3, 0.4) is 0 Å². The Morgan fingerprint density at radius 1 is 1.11 bits per heavy atom. The average Bonchev–Trinajstić information content (AvgIpc) is 2.35. The van der Waals surface area contributed by atoms with Crippen molar-refractivity contribution in [3.63, 3.8) is 0 Å². The maximum absolute atomic E-state index is 11.2. The second-order valence-corrected chi connectivity index (χ2v) is 5.71. The summed E-state index contributed by atoms with van der Waals surface area (Å²) in [6.07, 6.45) is 0. The minimum Gasteiger partial charge on any atom is -0.369 e. The molecule has 1 amide bonds. The molecule has 0 aromatic heterocycles. The third-order valence-corrected chi connectivity index (χ3v) is 4.27. The Hall–Kier alpha value is -1.02. The molecule has 3 unspecified atom stereocenters. The van der Waals surface area contributed by atoms with Crippen LogP contribution in [0.2, 0.25) is 0 Å². The Balaban J connectivity index is 3.03. The van der Waals surface area contributed by atoms with E-state index in [1.54, 1.807) is 6.92 Å². The normalized spacial score (nSPS) is 16.3. The molecule has 2 N–H and O–H groups in total. The second-order valence-electron chi connectivity index (χ2n) is 5.21. The van der Waals surface area contributed by atoms with Gasteiger partial charge >= 0.3 is 0 Å². The first kappa shape index (κ1) is 15.0. The molecular weight excluding hydrogens is 246 g/mol. The minimum atomic E-state index is -0.344. The number of hydrogen-bond donors (Lipinski definition) is 1. The highest BCUT2D eigenvalue weighted by molar-refractivity contribution is 6.22. The van der Waals surface area contributed by atoms with E-state index < -0.39 is 0 Å². The molecule has 0 fully saturated rings. The fourth-order valence-electron chi connectivity index (χ4n) is 2.21. The molecule has 0 spiro atoms. The Morgan fingerprint density at radius 2 is 1.61 bits per heavy atom. The SMILES string of the molecule is CC(C)c1ccccc1C(C)C(Cl)C(C)C(N)=O. The van der Waals surface area contributed by atoms with E-state index in [1.807, 2.05) is 12.1 Å². The van der Waals surface area contributed by atoms with Gasteiger partial charge in [0.1, 0.15) is 0 Å². The van der Waals surface area contributed by atoms with Gasteiger partial charge in [-0.2, -0.15) is 0 Å². The maximum atomic E-state index is 11.2. The first-order chi connectivity index (χ1) is 8.36. The molecule has 3 atom stereocenters. The Labute approximate surface area is 115 Å². The summed E-state index contributed by atoms with van der Waals surface area (Å²) in [5.41, 5.74) is 7.82. The summed E-state index contributed by atoms with van der Waals surface area (Å²) in [5.74, 6) is -0.130. The molecule has 1 aromatic rings. The number of primary amides is 1. The molecule has 0 radical (unpaired) electrons. The van der Waals surface area contributed by atoms with Crippen molar-refractivity contribution in [1.29, 1.82) is 0 Å². The van der Waals surface area contributed by atoms with Gasteiger partial charge in [-0.3, -0.25) is 4.79 Å². The summed E-state index contributed by atoms with van der Waals surface area (Å²) in [7, 11) is 0. The number of benzene rings is 1. The van der Waals surface area contributed by atoms with Crippen molar-refractivity contribution in [3.8, 4) is 0 Å². The van der Waals surface area contributed by atoms with Crippen molar-refractivity contribution >= 4 is 17.5 Å². The van der Waals surface area contributed by atoms with Gasteiger partial charge in [-0.15, -0.1) is 11.6 Å². The lowest BCUT2D eigenvalue weighted by molar-refractivity contribution is -0.121. The summed E-state index contributed by atoms with van der Waals surface area (Å²) in [5, 5.41) is -0.276. The molecular formula is C15H22ClNO. The summed E-state index contributed by atoms with van der Waals surface area (Å²) < 4.78 is 0. The number of hydrogen-bond acceptors (Lipinski definition) is 1. The minimum absolute atomic E-state index is 0.104. The van der Waals surface area contributed by atoms with Crippen LogP contribution in [-0.4, -0.2) is 11.3 Å². The van der Waals surface area contributed by atoms with Gasteiger partial charge in [-0.05, 0) is 23.0 Å². The quantitative estimate of drug-likeness (QED) is 0.813. The Morgan fingerprint density at radius 3 is 2.06 bits per heavy atom. The number of carbonyl (C=O) groups is 1. The van der Waals surface area contributed by atoms with Crippen LogP contribution in [0, 0.1) is 5.92 Å². The zero-order chi connectivity index (χ0) is 13.9. The zero-order valence-corrected chi connectivity index (χ0v) is 12.2. The number of amides is 1. The molecule has 1 aromatic carbocycles. The van der Waals surface area contributed by atoms with Crippen LogP contribution in [0.15, 0.2) is 24.3 Å². The predicted octanol–water partition coefficient (Wildman–Crippen LogP) is 3.64. The Kier molecular flexibility index (Phi) is 5.21. The first-order valence-corrected chi connectivity index (χ1v) is 6.82. The molecule has 0 saturated heterocycles. The van der Waals surface area contributed by atoms with E-state index >= 15 is 0 Å². The predicted molar refractivity (Wildman–Crippen MR) is 76.9 cm³/mol. The molecule has 0 bridgehead atoms. The summed E-state index contributed by atoms with van der Waals surface area (Å²) in [6.45, 7) is 8.16. The van der Waals surface area contributed by atoms with Gasteiger partial charge in [0.2, 0.25) is 5.91 Å². The van der Waals surface area contributed by atoms with Gasteiger partial charge in [0.05, 0.1) is 11.3 Å². The van der Waals surface area contributed by atoms with Crippen LogP contribution in [0.25, 0.3) is 0 Å². The van der Waals surface area contributed by atoms with Crippen LogP contribution in [0.4, 0.5) is 0 Å². The molecule has 2 nitrogen and oxygen atoms in total. The van der Waals surface area contributed by atoms with E-state index in [0.29, 0.717) is 5.92 Å². The molecule has 0 aliphatic heterocycles. The topological polar surface area (TPSA) is 43.1 Å². The van der Waals surface area contributed by atoms with Gasteiger partial charge in [0, 0.05) is 0 Å². The van der Waals surface area contributed by atoms with Crippen LogP contribution >= 0.6 is 11.6 Å². The molecule has 3 heteroatoms. The van der Waals surface area contributed by atoms with Gasteiger partial charge in [0.15, 0.2) is 0 Å². The Bertz CT molecular complexity index is 417. The van der Waals surface area contributed by atoms with E-state index in [-0.39, 0.29) is 23.1 Å². The van der Waals surface area contributed by atoms with Crippen molar-refractivity contribution in [2.24, 2.45) is 11.7 Å². The molecule has 1 rings (SSSR count). The van der Waals surface area contributed by atoms with Crippen LogP contribution in [0.1, 0.15) is 50.7 Å². The van der Waals surface area contributed by atoms with E-state index in [1.165, 1.54) is 11.1 Å². The molecule has 0 saturated carbocycles. The molecule has 0 aliphatic rings. The lowest BCUT2D eigenvalue weighted by Crippen LogP contribution is -2.31. The summed E-state index contributed by atoms with van der Waals surface area (Å²) in [4.78, 5) is 11.2. The van der Waals surface area contributed by atoms with Gasteiger partial charge in [-0.25, -0.2) is 0 Å². The highest BCUT2D eigenvalue weighted by Gasteiger charge is 2.27. The van der Waals surface area contributed by atoms with Crippen LogP contribution in [0.5, 0.6) is 0 Å². The van der Waals surface area contributed by atoms with Crippen LogP contribution < -0.4 is 5.73 Å². The number of nitrogens with two attached hydrogens (primary N) is 1. The van der Waals surface area contributed by atoms with Gasteiger partial charge < -0.3 is 5.73 Å². The third-order valence-electron chi connectivity index (χ3n) is 3.51. The van der Waals surface area contributed by atoms with Crippen molar-refractivity contribution in [3.05, 3.63) is 35.4 Å². The number of alkyl halides is 1. The standard InChI is InChI=1S/C15H22ClNO/c1-9(2)12-7-5-6-8-13(12)10(3)14(16)11(4)15(17)18/h5-11,14H,1-4H3,(H2,17,18). The lowest BCUT2D eigenvalue weighted by Gasteiger charge is -2.25. The highest BCUT2D eigenvalue weighted by Crippen LogP contribution is 2.33. The van der Waals surface area contributed by atoms with Crippen molar-refractivity contribution in [1.82, 2.24) is 0 Å². The molecule has 100 valence electrons. The lowest BCUT2D eigenvalue weighted by atomic mass is 9.84. The fourth-order valence-corrected chi connectivity index (χ4v) is 2.47. The van der Waals surface area contributed by atoms with E-state index in [0.717, 1.165) is 0 Å². The van der Waals surface area contributed by atoms with Crippen molar-refractivity contribution in [2.75, 3.05) is 0 Å². The molecule has 0 aliphatic carbocycles. The highest BCUT2D eigenvalue weighted by atomic mass is 35.5. The molecule has 0 heterocycles. The monoisotopic (exact) mass is 267 g/mol. The third kappa shape index (κ3) is 3.26. The van der Waals surface area contributed by atoms with Gasteiger partial charge in [0.25, 0.3) is 0 Å². The fraction of sp³-hybridized carbons (Fsp3) is 0.533. The van der Waals surface area contributed by atoms with E-state index in [9.17, 15) is 4.79 Å². The largest absolute Gasteiger partial charge is 0.369 e.